The zero-order chi connectivity index (χ0) is 26.3. The topological polar surface area (TPSA) is 72.8 Å². The van der Waals surface area contributed by atoms with Crippen LogP contribution in [0.25, 0.3) is 0 Å². The normalized spacial score (nSPS) is 38.8. The van der Waals surface area contributed by atoms with Gasteiger partial charge in [-0.2, -0.15) is 0 Å². The number of aliphatic carboxylic acids is 1. The van der Waals surface area contributed by atoms with Crippen LogP contribution >= 0.6 is 0 Å². The SMILES string of the molecule is CC(=O)OC(C)(C)CCC[C@@H](C)[C@H]1CC[C@H]2[C@@H]3CC=C4C[C@@H](OCC(=O)O)CC[C@]4(C)[C@H]3CC[C@]12C. The van der Waals surface area contributed by atoms with Crippen molar-refractivity contribution in [1.82, 2.24) is 0 Å². The Kier molecular flexibility index (Phi) is 8.01. The van der Waals surface area contributed by atoms with Crippen molar-refractivity contribution in [2.75, 3.05) is 6.61 Å². The second kappa shape index (κ2) is 10.4. The molecule has 3 saturated carbocycles. The standard InChI is InChI=1S/C31H50O5/c1-20(8-7-15-29(3,4)36-21(2)32)25-11-12-26-24-10-9-22-18-23(35-19-28(33)34)13-16-30(22,5)27(24)14-17-31(25,26)6/h9,20,23-27H,7-8,10-19H2,1-6H3,(H,33,34)/t20-,23+,24+,25-,26+,27+,30+,31-/m1/s1. The molecule has 0 bridgehead atoms. The molecule has 0 unspecified atom stereocenters. The average Bonchev–Trinajstić information content (AvgIpc) is 3.13. The second-order valence-electron chi connectivity index (χ2n) is 13.8. The predicted molar refractivity (Wildman–Crippen MR) is 141 cm³/mol. The molecule has 5 nitrogen and oxygen atoms in total. The fraction of sp³-hybridized carbons (Fsp3) is 0.871. The number of carbonyl (C=O) groups is 2. The third kappa shape index (κ3) is 5.42. The molecule has 0 amide bonds. The molecule has 0 aliphatic heterocycles. The lowest BCUT2D eigenvalue weighted by molar-refractivity contribution is -0.154. The Morgan fingerprint density at radius 3 is 2.58 bits per heavy atom. The van der Waals surface area contributed by atoms with Gasteiger partial charge in [-0.15, -0.1) is 0 Å². The molecule has 1 N–H and O–H groups in total. The fourth-order valence-electron chi connectivity index (χ4n) is 9.43. The zero-order valence-electron chi connectivity index (χ0n) is 23.6. The van der Waals surface area contributed by atoms with E-state index in [1.165, 1.54) is 45.4 Å². The van der Waals surface area contributed by atoms with Crippen LogP contribution in [0.4, 0.5) is 0 Å². The van der Waals surface area contributed by atoms with Gasteiger partial charge in [0.05, 0.1) is 6.10 Å². The molecule has 0 spiro atoms. The minimum atomic E-state index is -0.870. The summed E-state index contributed by atoms with van der Waals surface area (Å²) in [6.45, 7) is 13.0. The van der Waals surface area contributed by atoms with Gasteiger partial charge in [0.2, 0.25) is 0 Å². The maximum atomic E-state index is 11.4. The molecule has 0 radical (unpaired) electrons. The first kappa shape index (κ1) is 27.7. The van der Waals surface area contributed by atoms with E-state index >= 15 is 0 Å². The molecule has 4 aliphatic rings. The largest absolute Gasteiger partial charge is 0.480 e. The minimum Gasteiger partial charge on any atom is -0.480 e. The highest BCUT2D eigenvalue weighted by Gasteiger charge is 2.59. The average molecular weight is 503 g/mol. The highest BCUT2D eigenvalue weighted by molar-refractivity contribution is 5.68. The number of hydrogen-bond donors (Lipinski definition) is 1. The maximum absolute atomic E-state index is 11.4. The number of hydrogen-bond acceptors (Lipinski definition) is 4. The molecule has 0 heterocycles. The van der Waals surface area contributed by atoms with Gasteiger partial charge in [-0.1, -0.05) is 38.8 Å². The van der Waals surface area contributed by atoms with Gasteiger partial charge >= 0.3 is 11.9 Å². The molecule has 36 heavy (non-hydrogen) atoms. The van der Waals surface area contributed by atoms with E-state index in [9.17, 15) is 9.59 Å². The highest BCUT2D eigenvalue weighted by atomic mass is 16.6. The van der Waals surface area contributed by atoms with E-state index in [2.05, 4.69) is 26.8 Å². The summed E-state index contributed by atoms with van der Waals surface area (Å²) in [7, 11) is 0. The number of rotatable bonds is 9. The highest BCUT2D eigenvalue weighted by Crippen LogP contribution is 2.67. The summed E-state index contributed by atoms with van der Waals surface area (Å²) < 4.78 is 11.2. The van der Waals surface area contributed by atoms with Gasteiger partial charge in [-0.05, 0) is 118 Å². The lowest BCUT2D eigenvalue weighted by Gasteiger charge is -2.58. The van der Waals surface area contributed by atoms with Crippen LogP contribution < -0.4 is 0 Å². The van der Waals surface area contributed by atoms with Crippen molar-refractivity contribution in [2.24, 2.45) is 40.4 Å². The summed E-state index contributed by atoms with van der Waals surface area (Å²) >= 11 is 0. The van der Waals surface area contributed by atoms with E-state index in [1.807, 2.05) is 13.8 Å². The molecule has 0 aromatic heterocycles. The Morgan fingerprint density at radius 2 is 1.89 bits per heavy atom. The molecular formula is C31H50O5. The number of carboxylic acid groups (broad SMARTS) is 1. The van der Waals surface area contributed by atoms with Gasteiger partial charge in [0.1, 0.15) is 12.2 Å². The van der Waals surface area contributed by atoms with Crippen molar-refractivity contribution < 1.29 is 24.2 Å². The third-order valence-corrected chi connectivity index (χ3v) is 11.1. The van der Waals surface area contributed by atoms with Crippen molar-refractivity contribution in [2.45, 2.75) is 124 Å². The number of allylic oxidation sites excluding steroid dienone is 1. The first-order chi connectivity index (χ1) is 16.9. The summed E-state index contributed by atoms with van der Waals surface area (Å²) in [6.07, 6.45) is 15.5. The number of esters is 1. The molecule has 0 aromatic rings. The molecule has 5 heteroatoms. The van der Waals surface area contributed by atoms with Crippen LogP contribution in [0.5, 0.6) is 0 Å². The first-order valence-electron chi connectivity index (χ1n) is 14.6. The third-order valence-electron chi connectivity index (χ3n) is 11.1. The van der Waals surface area contributed by atoms with Crippen LogP contribution in [0.2, 0.25) is 0 Å². The van der Waals surface area contributed by atoms with E-state index in [0.29, 0.717) is 11.3 Å². The second-order valence-corrected chi connectivity index (χ2v) is 13.8. The van der Waals surface area contributed by atoms with Crippen LogP contribution in [-0.2, 0) is 19.1 Å². The molecule has 204 valence electrons. The van der Waals surface area contributed by atoms with E-state index in [4.69, 9.17) is 14.6 Å². The van der Waals surface area contributed by atoms with Crippen LogP contribution in [0, 0.1) is 40.4 Å². The van der Waals surface area contributed by atoms with Crippen LogP contribution in [0.1, 0.15) is 112 Å². The minimum absolute atomic E-state index is 0.0633. The number of fused-ring (bicyclic) bond motifs is 5. The van der Waals surface area contributed by atoms with Crippen LogP contribution in [0.15, 0.2) is 11.6 Å². The Labute approximate surface area is 218 Å². The Hall–Kier alpha value is -1.36. The summed E-state index contributed by atoms with van der Waals surface area (Å²) in [5, 5.41) is 9.01. The van der Waals surface area contributed by atoms with Gasteiger partial charge in [-0.3, -0.25) is 4.79 Å². The van der Waals surface area contributed by atoms with Crippen molar-refractivity contribution in [3.63, 3.8) is 0 Å². The number of ether oxygens (including phenoxy) is 2. The summed E-state index contributed by atoms with van der Waals surface area (Å²) in [5.74, 6) is 2.80. The summed E-state index contributed by atoms with van der Waals surface area (Å²) in [4.78, 5) is 22.4. The molecule has 0 aromatic carbocycles. The quantitative estimate of drug-likeness (QED) is 0.267. The first-order valence-corrected chi connectivity index (χ1v) is 14.6. The zero-order valence-corrected chi connectivity index (χ0v) is 23.6. The van der Waals surface area contributed by atoms with Gasteiger partial charge in [0, 0.05) is 6.92 Å². The number of carboxylic acids is 1. The molecule has 3 fully saturated rings. The van der Waals surface area contributed by atoms with Crippen molar-refractivity contribution in [1.29, 1.82) is 0 Å². The molecular weight excluding hydrogens is 452 g/mol. The lowest BCUT2D eigenvalue weighted by atomic mass is 9.47. The van der Waals surface area contributed by atoms with Crippen molar-refractivity contribution in [3.8, 4) is 0 Å². The van der Waals surface area contributed by atoms with E-state index in [1.54, 1.807) is 5.57 Å². The summed E-state index contributed by atoms with van der Waals surface area (Å²) in [5.41, 5.74) is 1.88. The number of carbonyl (C=O) groups excluding carboxylic acids is 1. The van der Waals surface area contributed by atoms with Gasteiger partial charge in [0.15, 0.2) is 0 Å². The van der Waals surface area contributed by atoms with Crippen molar-refractivity contribution in [3.05, 3.63) is 11.6 Å². The molecule has 4 rings (SSSR count). The van der Waals surface area contributed by atoms with Gasteiger partial charge < -0.3 is 14.6 Å². The Balaban J connectivity index is 1.39. The fourth-order valence-corrected chi connectivity index (χ4v) is 9.43. The summed E-state index contributed by atoms with van der Waals surface area (Å²) in [6, 6.07) is 0. The van der Waals surface area contributed by atoms with Gasteiger partial charge in [0.25, 0.3) is 0 Å². The van der Waals surface area contributed by atoms with E-state index in [0.717, 1.165) is 55.8 Å². The Bertz CT molecular complexity index is 861. The Morgan fingerprint density at radius 1 is 1.14 bits per heavy atom. The van der Waals surface area contributed by atoms with Gasteiger partial charge in [-0.25, -0.2) is 4.79 Å². The van der Waals surface area contributed by atoms with Crippen LogP contribution in [-0.4, -0.2) is 35.4 Å². The lowest BCUT2D eigenvalue weighted by Crippen LogP contribution is -2.51. The van der Waals surface area contributed by atoms with Crippen molar-refractivity contribution >= 4 is 11.9 Å². The monoisotopic (exact) mass is 502 g/mol. The molecule has 4 aliphatic carbocycles. The predicted octanol–water partition coefficient (Wildman–Crippen LogP) is 7.18. The smallest absolute Gasteiger partial charge is 0.329 e. The van der Waals surface area contributed by atoms with Crippen LogP contribution in [0.3, 0.4) is 0 Å². The molecule has 8 atom stereocenters. The van der Waals surface area contributed by atoms with E-state index in [-0.39, 0.29) is 29.7 Å². The van der Waals surface area contributed by atoms with E-state index < -0.39 is 5.97 Å². The maximum Gasteiger partial charge on any atom is 0.329 e. The molecule has 0 saturated heterocycles.